The van der Waals surface area contributed by atoms with Crippen molar-refractivity contribution in [3.05, 3.63) is 30.3 Å². The molecule has 0 aliphatic heterocycles. The second kappa shape index (κ2) is 9.46. The highest BCUT2D eigenvalue weighted by molar-refractivity contribution is 5.45. The Hall–Kier alpha value is -1.57. The van der Waals surface area contributed by atoms with Gasteiger partial charge in [-0.1, -0.05) is 18.2 Å². The summed E-state index contributed by atoms with van der Waals surface area (Å²) in [7, 11) is 1.66. The van der Waals surface area contributed by atoms with Gasteiger partial charge in [0.1, 0.15) is 0 Å². The van der Waals surface area contributed by atoms with E-state index in [0.717, 1.165) is 18.8 Å². The number of para-hydroxylation sites is 1. The summed E-state index contributed by atoms with van der Waals surface area (Å²) >= 11 is 0. The first-order chi connectivity index (χ1) is 8.88. The highest BCUT2D eigenvalue weighted by Crippen LogP contribution is 2.12. The van der Waals surface area contributed by atoms with Crippen LogP contribution >= 0.6 is 0 Å². The van der Waals surface area contributed by atoms with Gasteiger partial charge >= 0.3 is 0 Å². The molecule has 0 spiro atoms. The number of nitriles is 1. The summed E-state index contributed by atoms with van der Waals surface area (Å²) in [4.78, 5) is 2.16. The van der Waals surface area contributed by atoms with E-state index in [9.17, 15) is 0 Å². The van der Waals surface area contributed by atoms with E-state index in [1.54, 1.807) is 7.11 Å². The van der Waals surface area contributed by atoms with Crippen LogP contribution in [-0.4, -0.2) is 40.0 Å². The number of hydrogen-bond donors (Lipinski definition) is 0. The third kappa shape index (κ3) is 5.67. The summed E-state index contributed by atoms with van der Waals surface area (Å²) in [6.45, 7) is 3.38. The van der Waals surface area contributed by atoms with Crippen molar-refractivity contribution in [3.63, 3.8) is 0 Å². The number of benzene rings is 1. The summed E-state index contributed by atoms with van der Waals surface area (Å²) < 4.78 is 10.4. The molecule has 1 rings (SSSR count). The van der Waals surface area contributed by atoms with Crippen molar-refractivity contribution in [1.29, 1.82) is 5.26 Å². The second-order valence-corrected chi connectivity index (χ2v) is 3.84. The number of rotatable bonds is 9. The Kier molecular flexibility index (Phi) is 7.61. The zero-order chi connectivity index (χ0) is 13.1. The fraction of sp³-hybridized carbons (Fsp3) is 0.500. The van der Waals surface area contributed by atoms with Gasteiger partial charge in [-0.05, 0) is 12.1 Å². The van der Waals surface area contributed by atoms with Crippen LogP contribution in [-0.2, 0) is 9.47 Å². The van der Waals surface area contributed by atoms with Gasteiger partial charge in [0.05, 0.1) is 32.3 Å². The summed E-state index contributed by atoms with van der Waals surface area (Å²) in [5, 5.41) is 8.68. The molecular weight excluding hydrogens is 228 g/mol. The highest BCUT2D eigenvalue weighted by Gasteiger charge is 2.05. The van der Waals surface area contributed by atoms with Crippen LogP contribution in [0.4, 0.5) is 5.69 Å². The standard InChI is InChI=1S/C14H20N2O2/c1-17-12-13-18-11-10-16(9-5-8-15)14-6-3-2-4-7-14/h2-4,6-7H,5,9-13H2,1H3. The molecule has 0 radical (unpaired) electrons. The van der Waals surface area contributed by atoms with Gasteiger partial charge in [0.2, 0.25) is 0 Å². The zero-order valence-electron chi connectivity index (χ0n) is 10.8. The molecule has 0 aliphatic rings. The lowest BCUT2D eigenvalue weighted by Crippen LogP contribution is -2.28. The van der Waals surface area contributed by atoms with Gasteiger partial charge in [0.15, 0.2) is 0 Å². The molecule has 4 nitrogen and oxygen atoms in total. The quantitative estimate of drug-likeness (QED) is 0.628. The van der Waals surface area contributed by atoms with Crippen molar-refractivity contribution >= 4 is 5.69 Å². The minimum atomic E-state index is 0.521. The van der Waals surface area contributed by atoms with Crippen molar-refractivity contribution in [2.75, 3.05) is 44.9 Å². The average Bonchev–Trinajstić information content (AvgIpc) is 2.43. The van der Waals surface area contributed by atoms with Crippen molar-refractivity contribution in [2.24, 2.45) is 0 Å². The Labute approximate surface area is 109 Å². The SMILES string of the molecule is COCCOCCN(CCC#N)c1ccccc1. The Morgan fingerprint density at radius 1 is 1.11 bits per heavy atom. The molecule has 0 heterocycles. The summed E-state index contributed by atoms with van der Waals surface area (Å²) in [6.07, 6.45) is 0.521. The van der Waals surface area contributed by atoms with E-state index in [1.165, 1.54) is 0 Å². The fourth-order valence-electron chi connectivity index (χ4n) is 1.61. The van der Waals surface area contributed by atoms with Crippen LogP contribution in [0.2, 0.25) is 0 Å². The van der Waals surface area contributed by atoms with Gasteiger partial charge < -0.3 is 14.4 Å². The van der Waals surface area contributed by atoms with Gasteiger partial charge in [-0.25, -0.2) is 0 Å². The van der Waals surface area contributed by atoms with Crippen LogP contribution < -0.4 is 4.90 Å². The first-order valence-corrected chi connectivity index (χ1v) is 6.12. The Morgan fingerprint density at radius 2 is 1.89 bits per heavy atom. The molecule has 4 heteroatoms. The molecule has 0 saturated carbocycles. The molecular formula is C14H20N2O2. The molecule has 0 N–H and O–H groups in total. The lowest BCUT2D eigenvalue weighted by molar-refractivity contribution is 0.0740. The predicted molar refractivity (Wildman–Crippen MR) is 71.6 cm³/mol. The number of ether oxygens (including phenoxy) is 2. The average molecular weight is 248 g/mol. The van der Waals surface area contributed by atoms with Gasteiger partial charge in [0.25, 0.3) is 0 Å². The maximum atomic E-state index is 8.68. The molecule has 1 aromatic carbocycles. The number of nitrogens with zero attached hydrogens (tertiary/aromatic N) is 2. The van der Waals surface area contributed by atoms with E-state index in [0.29, 0.717) is 26.2 Å². The minimum Gasteiger partial charge on any atom is -0.382 e. The van der Waals surface area contributed by atoms with Crippen molar-refractivity contribution in [1.82, 2.24) is 0 Å². The van der Waals surface area contributed by atoms with Crippen LogP contribution in [0, 0.1) is 11.3 Å². The molecule has 0 unspecified atom stereocenters. The Balaban J connectivity index is 2.39. The number of methoxy groups -OCH3 is 1. The highest BCUT2D eigenvalue weighted by atomic mass is 16.5. The molecule has 18 heavy (non-hydrogen) atoms. The van der Waals surface area contributed by atoms with E-state index >= 15 is 0 Å². The smallest absolute Gasteiger partial charge is 0.0701 e. The van der Waals surface area contributed by atoms with E-state index in [2.05, 4.69) is 11.0 Å². The Bertz CT molecular complexity index is 349. The van der Waals surface area contributed by atoms with Crippen LogP contribution in [0.25, 0.3) is 0 Å². The largest absolute Gasteiger partial charge is 0.382 e. The first kappa shape index (κ1) is 14.5. The van der Waals surface area contributed by atoms with Gasteiger partial charge in [-0.2, -0.15) is 5.26 Å². The maximum Gasteiger partial charge on any atom is 0.0701 e. The van der Waals surface area contributed by atoms with Crippen LogP contribution in [0.15, 0.2) is 30.3 Å². The van der Waals surface area contributed by atoms with Gasteiger partial charge in [-0.3, -0.25) is 0 Å². The molecule has 0 fully saturated rings. The number of anilines is 1. The first-order valence-electron chi connectivity index (χ1n) is 6.12. The van der Waals surface area contributed by atoms with E-state index in [-0.39, 0.29) is 0 Å². The van der Waals surface area contributed by atoms with Crippen LogP contribution in [0.1, 0.15) is 6.42 Å². The predicted octanol–water partition coefficient (Wildman–Crippen LogP) is 2.07. The molecule has 1 aromatic rings. The topological polar surface area (TPSA) is 45.5 Å². The molecule has 0 aliphatic carbocycles. The van der Waals surface area contributed by atoms with Crippen molar-refractivity contribution in [3.8, 4) is 6.07 Å². The normalized spacial score (nSPS) is 10.0. The molecule has 98 valence electrons. The van der Waals surface area contributed by atoms with Gasteiger partial charge in [0, 0.05) is 25.9 Å². The molecule has 0 saturated heterocycles. The van der Waals surface area contributed by atoms with E-state index in [1.807, 2.05) is 30.3 Å². The van der Waals surface area contributed by atoms with Gasteiger partial charge in [-0.15, -0.1) is 0 Å². The molecule has 0 amide bonds. The fourth-order valence-corrected chi connectivity index (χ4v) is 1.61. The van der Waals surface area contributed by atoms with E-state index < -0.39 is 0 Å². The lowest BCUT2D eigenvalue weighted by atomic mass is 10.2. The lowest BCUT2D eigenvalue weighted by Gasteiger charge is -2.23. The minimum absolute atomic E-state index is 0.521. The summed E-state index contributed by atoms with van der Waals surface area (Å²) in [5.41, 5.74) is 1.13. The molecule has 0 bridgehead atoms. The second-order valence-electron chi connectivity index (χ2n) is 3.84. The summed E-state index contributed by atoms with van der Waals surface area (Å²) in [6, 6.07) is 12.3. The molecule has 0 aromatic heterocycles. The monoisotopic (exact) mass is 248 g/mol. The third-order valence-corrected chi connectivity index (χ3v) is 2.55. The third-order valence-electron chi connectivity index (χ3n) is 2.55. The zero-order valence-corrected chi connectivity index (χ0v) is 10.8. The van der Waals surface area contributed by atoms with Crippen LogP contribution in [0.3, 0.4) is 0 Å². The maximum absolute atomic E-state index is 8.68. The number of hydrogen-bond acceptors (Lipinski definition) is 4. The van der Waals surface area contributed by atoms with Crippen molar-refractivity contribution < 1.29 is 9.47 Å². The van der Waals surface area contributed by atoms with Crippen molar-refractivity contribution in [2.45, 2.75) is 6.42 Å². The summed E-state index contributed by atoms with van der Waals surface area (Å²) in [5.74, 6) is 0. The van der Waals surface area contributed by atoms with E-state index in [4.69, 9.17) is 14.7 Å². The molecule has 0 atom stereocenters. The van der Waals surface area contributed by atoms with Crippen LogP contribution in [0.5, 0.6) is 0 Å². The Morgan fingerprint density at radius 3 is 2.56 bits per heavy atom.